The maximum absolute atomic E-state index is 13.2. The molecular formula is C28H25Cl2N3O4S2. The minimum Gasteiger partial charge on any atom is -0.465 e. The smallest absolute Gasteiger partial charge is 0.341 e. The normalized spacial score (nSPS) is 14.0. The molecule has 1 aliphatic rings. The van der Waals surface area contributed by atoms with Crippen LogP contribution in [0.3, 0.4) is 0 Å². The summed E-state index contributed by atoms with van der Waals surface area (Å²) in [6, 6.07) is 13.2. The van der Waals surface area contributed by atoms with Crippen LogP contribution in [-0.2, 0) is 9.53 Å². The third-order valence-electron chi connectivity index (χ3n) is 6.61. The van der Waals surface area contributed by atoms with E-state index >= 15 is 0 Å². The number of nitrogens with zero attached hydrogens (tertiary/aromatic N) is 2. The Morgan fingerprint density at radius 2 is 1.74 bits per heavy atom. The van der Waals surface area contributed by atoms with Crippen molar-refractivity contribution in [3.05, 3.63) is 73.9 Å². The number of fused-ring (bicyclic) bond motifs is 1. The average Bonchev–Trinajstić information content (AvgIpc) is 3.49. The van der Waals surface area contributed by atoms with Crippen molar-refractivity contribution in [1.82, 2.24) is 9.80 Å². The highest BCUT2D eigenvalue weighted by molar-refractivity contribution is 7.21. The van der Waals surface area contributed by atoms with Gasteiger partial charge in [0, 0.05) is 52.2 Å². The van der Waals surface area contributed by atoms with Gasteiger partial charge in [0.1, 0.15) is 15.4 Å². The van der Waals surface area contributed by atoms with Crippen molar-refractivity contribution in [3.8, 4) is 11.1 Å². The largest absolute Gasteiger partial charge is 0.465 e. The van der Waals surface area contributed by atoms with E-state index in [1.54, 1.807) is 11.0 Å². The number of carbonyl (C=O) groups excluding carboxylic acids is 3. The first kappa shape index (κ1) is 27.6. The molecule has 2 aromatic carbocycles. The second-order valence-electron chi connectivity index (χ2n) is 9.21. The van der Waals surface area contributed by atoms with Crippen molar-refractivity contribution in [2.75, 3.05) is 45.2 Å². The van der Waals surface area contributed by atoms with Crippen molar-refractivity contribution >= 4 is 78.7 Å². The fourth-order valence-electron chi connectivity index (χ4n) is 4.50. The topological polar surface area (TPSA) is 79.0 Å². The van der Waals surface area contributed by atoms with Crippen molar-refractivity contribution in [3.63, 3.8) is 0 Å². The van der Waals surface area contributed by atoms with E-state index in [1.807, 2.05) is 53.6 Å². The Hall–Kier alpha value is -2.95. The molecule has 0 atom stereocenters. The zero-order valence-corrected chi connectivity index (χ0v) is 24.4. The van der Waals surface area contributed by atoms with Gasteiger partial charge in [-0.05, 0) is 24.6 Å². The lowest BCUT2D eigenvalue weighted by Crippen LogP contribution is -2.50. The first-order valence-corrected chi connectivity index (χ1v) is 14.7. The van der Waals surface area contributed by atoms with Gasteiger partial charge in [0.05, 0.1) is 18.7 Å². The molecule has 0 radical (unpaired) electrons. The Morgan fingerprint density at radius 1 is 1.03 bits per heavy atom. The second-order valence-corrected chi connectivity index (χ2v) is 12.0. The minimum absolute atomic E-state index is 0.119. The number of methoxy groups -OCH3 is 1. The van der Waals surface area contributed by atoms with Gasteiger partial charge in [0.2, 0.25) is 5.91 Å². The number of aryl methyl sites for hydroxylation is 1. The highest BCUT2D eigenvalue weighted by atomic mass is 35.5. The Balaban J connectivity index is 1.22. The number of amides is 2. The van der Waals surface area contributed by atoms with Crippen molar-refractivity contribution < 1.29 is 19.1 Å². The first-order valence-electron chi connectivity index (χ1n) is 12.2. The summed E-state index contributed by atoms with van der Waals surface area (Å²) >= 11 is 15.2. The summed E-state index contributed by atoms with van der Waals surface area (Å²) in [4.78, 5) is 43.0. The number of thiophene rings is 2. The molecule has 5 rings (SSSR count). The summed E-state index contributed by atoms with van der Waals surface area (Å²) in [5.74, 6) is -0.857. The number of esters is 1. The molecule has 1 N–H and O–H groups in total. The van der Waals surface area contributed by atoms with Gasteiger partial charge in [-0.3, -0.25) is 14.5 Å². The molecule has 1 saturated heterocycles. The van der Waals surface area contributed by atoms with E-state index < -0.39 is 5.97 Å². The number of hydrogen-bond donors (Lipinski definition) is 1. The number of halogens is 2. The zero-order chi connectivity index (χ0) is 27.7. The van der Waals surface area contributed by atoms with E-state index in [1.165, 1.54) is 29.8 Å². The quantitative estimate of drug-likeness (QED) is 0.258. The van der Waals surface area contributed by atoms with E-state index in [0.29, 0.717) is 51.7 Å². The number of nitrogens with one attached hydrogen (secondary N) is 1. The first-order chi connectivity index (χ1) is 18.7. The Kier molecular flexibility index (Phi) is 8.25. The number of rotatable bonds is 6. The lowest BCUT2D eigenvalue weighted by atomic mass is 10.0. The van der Waals surface area contributed by atoms with Crippen LogP contribution >= 0.6 is 45.9 Å². The molecular weight excluding hydrogens is 577 g/mol. The van der Waals surface area contributed by atoms with Gasteiger partial charge >= 0.3 is 5.97 Å². The van der Waals surface area contributed by atoms with Crippen molar-refractivity contribution in [2.45, 2.75) is 6.92 Å². The van der Waals surface area contributed by atoms with Crippen LogP contribution in [0, 0.1) is 6.92 Å². The molecule has 0 spiro atoms. The number of benzene rings is 2. The molecule has 11 heteroatoms. The van der Waals surface area contributed by atoms with Crippen LogP contribution in [0.1, 0.15) is 25.6 Å². The predicted molar refractivity (Wildman–Crippen MR) is 159 cm³/mol. The third kappa shape index (κ3) is 5.83. The molecule has 39 heavy (non-hydrogen) atoms. The molecule has 0 saturated carbocycles. The molecule has 0 bridgehead atoms. The summed E-state index contributed by atoms with van der Waals surface area (Å²) in [7, 11) is 1.33. The number of hydrogen-bond acceptors (Lipinski definition) is 7. The van der Waals surface area contributed by atoms with Crippen LogP contribution in [-0.4, -0.2) is 67.4 Å². The summed E-state index contributed by atoms with van der Waals surface area (Å²) in [6.07, 6.45) is 0. The second kappa shape index (κ2) is 11.7. The van der Waals surface area contributed by atoms with Crippen LogP contribution in [0.25, 0.3) is 21.2 Å². The standard InChI is InChI=1S/C28H25Cl2N3O4S2/c1-16-3-5-17(6-4-16)20-15-38-26(23(20)28(36)37-2)31-22(34)14-32-9-11-33(12-10-32)27(35)25-24(30)19-8-7-18(29)13-21(19)39-25/h3-8,13,15H,9-12,14H2,1-2H3,(H,31,34). The van der Waals surface area contributed by atoms with Gasteiger partial charge in [-0.15, -0.1) is 22.7 Å². The van der Waals surface area contributed by atoms with Gasteiger partial charge in [0.15, 0.2) is 0 Å². The van der Waals surface area contributed by atoms with Crippen LogP contribution < -0.4 is 5.32 Å². The molecule has 0 unspecified atom stereocenters. The lowest BCUT2D eigenvalue weighted by Gasteiger charge is -2.34. The van der Waals surface area contributed by atoms with Crippen LogP contribution in [0.2, 0.25) is 10.0 Å². The van der Waals surface area contributed by atoms with E-state index in [4.69, 9.17) is 27.9 Å². The summed E-state index contributed by atoms with van der Waals surface area (Å²) in [6.45, 7) is 4.16. The number of piperazine rings is 1. The maximum Gasteiger partial charge on any atom is 0.341 e. The molecule has 3 heterocycles. The molecule has 7 nitrogen and oxygen atoms in total. The zero-order valence-electron chi connectivity index (χ0n) is 21.3. The summed E-state index contributed by atoms with van der Waals surface area (Å²) < 4.78 is 5.88. The third-order valence-corrected chi connectivity index (χ3v) is 9.38. The SMILES string of the molecule is COC(=O)c1c(-c2ccc(C)cc2)csc1NC(=O)CN1CCN(C(=O)c2sc3cc(Cl)ccc3c2Cl)CC1. The summed E-state index contributed by atoms with van der Waals surface area (Å²) in [5.41, 5.74) is 3.05. The highest BCUT2D eigenvalue weighted by Crippen LogP contribution is 2.38. The van der Waals surface area contributed by atoms with Gasteiger partial charge < -0.3 is 15.0 Å². The Morgan fingerprint density at radius 3 is 2.44 bits per heavy atom. The van der Waals surface area contributed by atoms with Crippen molar-refractivity contribution in [2.24, 2.45) is 0 Å². The number of carbonyl (C=O) groups is 3. The highest BCUT2D eigenvalue weighted by Gasteiger charge is 2.28. The molecule has 2 aromatic heterocycles. The predicted octanol–water partition coefficient (Wildman–Crippen LogP) is 6.43. The van der Waals surface area contributed by atoms with E-state index in [2.05, 4.69) is 5.32 Å². The average molecular weight is 603 g/mol. The van der Waals surface area contributed by atoms with E-state index in [0.717, 1.165) is 26.8 Å². The summed E-state index contributed by atoms with van der Waals surface area (Å²) in [5, 5.41) is 7.05. The van der Waals surface area contributed by atoms with Gasteiger partial charge in [-0.2, -0.15) is 0 Å². The van der Waals surface area contributed by atoms with Gasteiger partial charge in [-0.25, -0.2) is 4.79 Å². The van der Waals surface area contributed by atoms with Gasteiger partial charge in [0.25, 0.3) is 5.91 Å². The number of anilines is 1. The molecule has 1 fully saturated rings. The minimum atomic E-state index is -0.503. The van der Waals surface area contributed by atoms with Gasteiger partial charge in [-0.1, -0.05) is 59.1 Å². The molecule has 4 aromatic rings. The van der Waals surface area contributed by atoms with Crippen LogP contribution in [0.15, 0.2) is 47.8 Å². The lowest BCUT2D eigenvalue weighted by molar-refractivity contribution is -0.117. The molecule has 2 amide bonds. The monoisotopic (exact) mass is 601 g/mol. The number of ether oxygens (including phenoxy) is 1. The van der Waals surface area contributed by atoms with Crippen LogP contribution in [0.5, 0.6) is 0 Å². The maximum atomic E-state index is 13.2. The fourth-order valence-corrected chi connectivity index (χ4v) is 7.23. The molecule has 1 aliphatic heterocycles. The molecule has 0 aliphatic carbocycles. The van der Waals surface area contributed by atoms with E-state index in [-0.39, 0.29) is 18.4 Å². The Labute approximate surface area is 243 Å². The fraction of sp³-hybridized carbons (Fsp3) is 0.250. The Bertz CT molecular complexity index is 1560. The molecule has 202 valence electrons. The van der Waals surface area contributed by atoms with E-state index in [9.17, 15) is 14.4 Å². The van der Waals surface area contributed by atoms with Crippen molar-refractivity contribution in [1.29, 1.82) is 0 Å². The van der Waals surface area contributed by atoms with Crippen LogP contribution in [0.4, 0.5) is 5.00 Å².